The largest absolute Gasteiger partial charge is 0.409 e. The zero-order valence-corrected chi connectivity index (χ0v) is 11.7. The van der Waals surface area contributed by atoms with Crippen molar-refractivity contribution in [3.8, 4) is 0 Å². The number of anilines is 1. The van der Waals surface area contributed by atoms with Crippen molar-refractivity contribution in [1.82, 2.24) is 0 Å². The van der Waals surface area contributed by atoms with Gasteiger partial charge in [0.15, 0.2) is 5.84 Å². The maximum Gasteiger partial charge on any atom is 0.170 e. The lowest BCUT2D eigenvalue weighted by atomic mass is 9.99. The van der Waals surface area contributed by atoms with Gasteiger partial charge in [0.25, 0.3) is 0 Å². The summed E-state index contributed by atoms with van der Waals surface area (Å²) in [5.74, 6) is 0.108. The lowest BCUT2D eigenvalue weighted by Crippen LogP contribution is -2.38. The molecule has 1 fully saturated rings. The molecule has 1 unspecified atom stereocenters. The van der Waals surface area contributed by atoms with E-state index in [-0.39, 0.29) is 11.9 Å². The van der Waals surface area contributed by atoms with E-state index in [4.69, 9.17) is 10.9 Å². The standard InChI is InChI=1S/C16H19N3O2/c17-16(18-21)14-7-8-15(13-6-2-1-5-12(13)14)19-9-3-4-11(20)10-19/h1-2,5-8,11,20-21H,3-4,9-10H2,(H2,17,18). The first kappa shape index (κ1) is 13.7. The zero-order chi connectivity index (χ0) is 14.8. The minimum atomic E-state index is -0.277. The summed E-state index contributed by atoms with van der Waals surface area (Å²) < 4.78 is 0. The van der Waals surface area contributed by atoms with Crippen LogP contribution in [-0.2, 0) is 0 Å². The molecule has 3 rings (SSSR count). The third-order valence-corrected chi connectivity index (χ3v) is 4.02. The maximum atomic E-state index is 9.88. The molecule has 4 N–H and O–H groups in total. The number of amidine groups is 1. The summed E-state index contributed by atoms with van der Waals surface area (Å²) in [6.45, 7) is 1.58. The molecule has 21 heavy (non-hydrogen) atoms. The van der Waals surface area contributed by atoms with Gasteiger partial charge < -0.3 is 20.9 Å². The molecule has 1 atom stereocenters. The van der Waals surface area contributed by atoms with Gasteiger partial charge in [-0.3, -0.25) is 0 Å². The Hall–Kier alpha value is -2.27. The number of aliphatic hydroxyl groups excluding tert-OH is 1. The number of fused-ring (bicyclic) bond motifs is 1. The molecule has 2 aromatic carbocycles. The van der Waals surface area contributed by atoms with Gasteiger partial charge in [-0.2, -0.15) is 0 Å². The van der Waals surface area contributed by atoms with Crippen LogP contribution in [0.15, 0.2) is 41.6 Å². The number of nitrogens with zero attached hydrogens (tertiary/aromatic N) is 2. The van der Waals surface area contributed by atoms with Gasteiger partial charge in [-0.1, -0.05) is 29.4 Å². The minimum Gasteiger partial charge on any atom is -0.409 e. The van der Waals surface area contributed by atoms with Crippen LogP contribution in [0.25, 0.3) is 10.8 Å². The number of benzene rings is 2. The number of piperidine rings is 1. The molecule has 0 spiro atoms. The highest BCUT2D eigenvalue weighted by atomic mass is 16.4. The number of hydrogen-bond acceptors (Lipinski definition) is 4. The topological polar surface area (TPSA) is 82.1 Å². The first-order chi connectivity index (χ1) is 10.2. The Morgan fingerprint density at radius 1 is 1.19 bits per heavy atom. The molecule has 1 aliphatic heterocycles. The first-order valence-electron chi connectivity index (χ1n) is 7.13. The van der Waals surface area contributed by atoms with Gasteiger partial charge in [-0.05, 0) is 30.4 Å². The smallest absolute Gasteiger partial charge is 0.170 e. The lowest BCUT2D eigenvalue weighted by molar-refractivity contribution is 0.154. The quantitative estimate of drug-likeness (QED) is 0.341. The van der Waals surface area contributed by atoms with Gasteiger partial charge in [-0.25, -0.2) is 0 Å². The van der Waals surface area contributed by atoms with Crippen LogP contribution in [0.3, 0.4) is 0 Å². The van der Waals surface area contributed by atoms with E-state index in [1.54, 1.807) is 0 Å². The van der Waals surface area contributed by atoms with Crippen molar-refractivity contribution in [1.29, 1.82) is 0 Å². The second-order valence-electron chi connectivity index (χ2n) is 5.41. The Balaban J connectivity index is 2.13. The van der Waals surface area contributed by atoms with Crippen LogP contribution in [0.5, 0.6) is 0 Å². The van der Waals surface area contributed by atoms with Crippen LogP contribution in [0.1, 0.15) is 18.4 Å². The van der Waals surface area contributed by atoms with Gasteiger partial charge in [0.2, 0.25) is 0 Å². The highest BCUT2D eigenvalue weighted by Gasteiger charge is 2.20. The van der Waals surface area contributed by atoms with E-state index in [0.29, 0.717) is 6.54 Å². The fourth-order valence-electron chi connectivity index (χ4n) is 3.01. The SMILES string of the molecule is N/C(=N/O)c1ccc(N2CCCC(O)C2)c2ccccc12. The molecular formula is C16H19N3O2. The van der Waals surface area contributed by atoms with Gasteiger partial charge in [0.1, 0.15) is 0 Å². The molecule has 5 nitrogen and oxygen atoms in total. The third kappa shape index (κ3) is 2.52. The summed E-state index contributed by atoms with van der Waals surface area (Å²) in [5, 5.41) is 23.9. The van der Waals surface area contributed by atoms with Crippen molar-refractivity contribution in [3.05, 3.63) is 42.0 Å². The van der Waals surface area contributed by atoms with Gasteiger partial charge in [0.05, 0.1) is 6.10 Å². The fraction of sp³-hybridized carbons (Fsp3) is 0.312. The molecule has 0 bridgehead atoms. The van der Waals surface area contributed by atoms with Crippen molar-refractivity contribution < 1.29 is 10.3 Å². The monoisotopic (exact) mass is 285 g/mol. The molecule has 5 heteroatoms. The Bertz CT molecular complexity index is 684. The Morgan fingerprint density at radius 2 is 1.95 bits per heavy atom. The molecule has 1 aliphatic rings. The third-order valence-electron chi connectivity index (χ3n) is 4.02. The number of aliphatic hydroxyl groups is 1. The highest BCUT2D eigenvalue weighted by molar-refractivity contribution is 6.11. The predicted octanol–water partition coefficient (Wildman–Crippen LogP) is 1.90. The van der Waals surface area contributed by atoms with Crippen LogP contribution in [0.2, 0.25) is 0 Å². The van der Waals surface area contributed by atoms with E-state index in [9.17, 15) is 5.11 Å². The molecular weight excluding hydrogens is 266 g/mol. The fourth-order valence-corrected chi connectivity index (χ4v) is 3.01. The summed E-state index contributed by atoms with van der Waals surface area (Å²) in [6.07, 6.45) is 1.56. The van der Waals surface area contributed by atoms with Crippen molar-refractivity contribution in [2.45, 2.75) is 18.9 Å². The van der Waals surface area contributed by atoms with Crippen LogP contribution >= 0.6 is 0 Å². The average Bonchev–Trinajstić information content (AvgIpc) is 2.53. The van der Waals surface area contributed by atoms with Gasteiger partial charge in [-0.15, -0.1) is 0 Å². The van der Waals surface area contributed by atoms with Gasteiger partial charge in [0, 0.05) is 29.7 Å². The minimum absolute atomic E-state index is 0.108. The molecule has 0 aliphatic carbocycles. The van der Waals surface area contributed by atoms with E-state index in [2.05, 4.69) is 10.1 Å². The molecule has 1 heterocycles. The normalized spacial score (nSPS) is 20.0. The van der Waals surface area contributed by atoms with E-state index >= 15 is 0 Å². The van der Waals surface area contributed by atoms with E-state index < -0.39 is 0 Å². The van der Waals surface area contributed by atoms with E-state index in [1.165, 1.54) is 0 Å². The number of β-amino-alcohol motifs (C(OH)–C–C–N with tert-alkyl or cyclic N) is 1. The van der Waals surface area contributed by atoms with Crippen LogP contribution in [0, 0.1) is 0 Å². The number of hydrogen-bond donors (Lipinski definition) is 3. The van der Waals surface area contributed by atoms with Crippen LogP contribution in [0.4, 0.5) is 5.69 Å². The first-order valence-corrected chi connectivity index (χ1v) is 7.13. The molecule has 1 saturated heterocycles. The second kappa shape index (κ2) is 5.61. The van der Waals surface area contributed by atoms with Crippen molar-refractivity contribution in [2.24, 2.45) is 10.9 Å². The molecule has 0 radical (unpaired) electrons. The Morgan fingerprint density at radius 3 is 2.67 bits per heavy atom. The highest BCUT2D eigenvalue weighted by Crippen LogP contribution is 2.31. The van der Waals surface area contributed by atoms with E-state index in [0.717, 1.165) is 41.4 Å². The summed E-state index contributed by atoms with van der Waals surface area (Å²) in [6, 6.07) is 11.8. The summed E-state index contributed by atoms with van der Waals surface area (Å²) in [5.41, 5.74) is 7.56. The zero-order valence-electron chi connectivity index (χ0n) is 11.7. The van der Waals surface area contributed by atoms with Crippen LogP contribution < -0.4 is 10.6 Å². The summed E-state index contributed by atoms with van der Waals surface area (Å²) >= 11 is 0. The summed E-state index contributed by atoms with van der Waals surface area (Å²) in [7, 11) is 0. The number of rotatable bonds is 2. The van der Waals surface area contributed by atoms with Crippen molar-refractivity contribution in [2.75, 3.05) is 18.0 Å². The predicted molar refractivity (Wildman–Crippen MR) is 83.9 cm³/mol. The average molecular weight is 285 g/mol. The second-order valence-corrected chi connectivity index (χ2v) is 5.41. The molecule has 0 saturated carbocycles. The molecule has 110 valence electrons. The molecule has 0 amide bonds. The maximum absolute atomic E-state index is 9.88. The Kier molecular flexibility index (Phi) is 3.66. The van der Waals surface area contributed by atoms with E-state index in [1.807, 2.05) is 36.4 Å². The Labute approximate surface area is 123 Å². The van der Waals surface area contributed by atoms with Crippen LogP contribution in [-0.4, -0.2) is 35.3 Å². The molecule has 0 aromatic heterocycles. The number of nitrogens with two attached hydrogens (primary N) is 1. The summed E-state index contributed by atoms with van der Waals surface area (Å²) in [4.78, 5) is 2.20. The number of oxime groups is 1. The van der Waals surface area contributed by atoms with Crippen molar-refractivity contribution in [3.63, 3.8) is 0 Å². The van der Waals surface area contributed by atoms with Crippen molar-refractivity contribution >= 4 is 22.3 Å². The molecule has 2 aromatic rings. The van der Waals surface area contributed by atoms with Gasteiger partial charge >= 0.3 is 0 Å². The lowest BCUT2D eigenvalue weighted by Gasteiger charge is -2.33.